The second-order valence-corrected chi connectivity index (χ2v) is 12.5. The van der Waals surface area contributed by atoms with Crippen LogP contribution in [0.25, 0.3) is 0 Å². The van der Waals surface area contributed by atoms with Crippen LogP contribution in [0.5, 0.6) is 0 Å². The lowest BCUT2D eigenvalue weighted by Gasteiger charge is -2.61. The number of aliphatic hydroxyl groups excluding tert-OH is 1. The molecule has 1 aromatic rings. The van der Waals surface area contributed by atoms with Crippen molar-refractivity contribution in [2.24, 2.45) is 45.4 Å². The monoisotopic (exact) mass is 595 g/mol. The van der Waals surface area contributed by atoms with Crippen molar-refractivity contribution < 1.29 is 15.1 Å². The van der Waals surface area contributed by atoms with Gasteiger partial charge in [0.15, 0.2) is 3.83 Å². The van der Waals surface area contributed by atoms with Gasteiger partial charge in [-0.3, -0.25) is 4.79 Å². The number of halogens is 1. The zero-order valence-electron chi connectivity index (χ0n) is 20.7. The summed E-state index contributed by atoms with van der Waals surface area (Å²) in [5.74, 6) is 1.55. The lowest BCUT2D eigenvalue weighted by molar-refractivity contribution is -0.114. The number of amides is 1. The van der Waals surface area contributed by atoms with Crippen LogP contribution in [0.3, 0.4) is 0 Å². The van der Waals surface area contributed by atoms with E-state index in [1.807, 2.05) is 6.20 Å². The molecule has 3 saturated carbocycles. The standard InChI is InChI=1S/C26H38IN5O3/c1-25-9-7-20-18(19(25)5-6-22(25)34)4-3-15-11-17(31-35)12-21(26(15,20)2)23(29-14-33)32-13-16(8-10-28)30-24(32)27/h11,13-14,18-23,34-35H,3-10,12,28H2,1-2H3,(H,29,33)/t18-,19-,20-,21?,22-,23?,25-,26-/m0/s1. The average Bonchev–Trinajstić information content (AvgIpc) is 3.35. The van der Waals surface area contributed by atoms with Crippen LogP contribution in [0.1, 0.15) is 70.7 Å². The van der Waals surface area contributed by atoms with Gasteiger partial charge in [-0.1, -0.05) is 24.6 Å². The lowest BCUT2D eigenvalue weighted by atomic mass is 9.44. The van der Waals surface area contributed by atoms with Crippen LogP contribution >= 0.6 is 22.6 Å². The van der Waals surface area contributed by atoms with E-state index in [1.54, 1.807) is 0 Å². The smallest absolute Gasteiger partial charge is 0.208 e. The van der Waals surface area contributed by atoms with Crippen molar-refractivity contribution in [3.8, 4) is 0 Å². The first-order valence-electron chi connectivity index (χ1n) is 13.0. The van der Waals surface area contributed by atoms with Crippen molar-refractivity contribution >= 4 is 34.7 Å². The van der Waals surface area contributed by atoms with Gasteiger partial charge in [-0.25, -0.2) is 4.98 Å². The SMILES string of the molecule is C[C@]12CC[C@H]3[C@@H](CCC4=CC(=NO)CC(C(NC=O)n5cc(CCN)nc5I)[C@@]43C)[C@@H]1CC[C@@H]2O. The molecule has 35 heavy (non-hydrogen) atoms. The third-order valence-corrected chi connectivity index (χ3v) is 11.1. The number of imidazole rings is 1. The summed E-state index contributed by atoms with van der Waals surface area (Å²) in [7, 11) is 0. The topological polar surface area (TPSA) is 126 Å². The normalized spacial score (nSPS) is 40.4. The van der Waals surface area contributed by atoms with Gasteiger partial charge in [0, 0.05) is 47.5 Å². The Balaban J connectivity index is 1.59. The number of nitrogens with zero attached hydrogens (tertiary/aromatic N) is 3. The number of hydrogen-bond acceptors (Lipinski definition) is 6. The molecule has 1 amide bonds. The maximum absolute atomic E-state index is 11.9. The highest BCUT2D eigenvalue weighted by atomic mass is 127. The van der Waals surface area contributed by atoms with Crippen molar-refractivity contribution in [1.29, 1.82) is 0 Å². The van der Waals surface area contributed by atoms with Crippen LogP contribution in [0.4, 0.5) is 0 Å². The summed E-state index contributed by atoms with van der Waals surface area (Å²) >= 11 is 2.23. The number of rotatable bonds is 6. The summed E-state index contributed by atoms with van der Waals surface area (Å²) in [4.78, 5) is 16.6. The Morgan fingerprint density at radius 2 is 2.14 bits per heavy atom. The molecule has 3 fully saturated rings. The largest absolute Gasteiger partial charge is 0.411 e. The van der Waals surface area contributed by atoms with E-state index in [0.29, 0.717) is 42.9 Å². The molecule has 9 heteroatoms. The molecule has 8 atom stereocenters. The second-order valence-electron chi connectivity index (χ2n) is 11.6. The van der Waals surface area contributed by atoms with Crippen molar-refractivity contribution in [2.75, 3.05) is 6.54 Å². The molecule has 1 aromatic heterocycles. The first-order chi connectivity index (χ1) is 16.8. The summed E-state index contributed by atoms with van der Waals surface area (Å²) in [6.45, 7) is 5.20. The third kappa shape index (κ3) is 3.87. The van der Waals surface area contributed by atoms with Gasteiger partial charge in [-0.2, -0.15) is 0 Å². The number of nitrogens with one attached hydrogen (secondary N) is 1. The molecule has 0 saturated heterocycles. The quantitative estimate of drug-likeness (QED) is 0.173. The minimum Gasteiger partial charge on any atom is -0.411 e. The molecule has 1 heterocycles. The molecule has 4 aliphatic rings. The predicted molar refractivity (Wildman–Crippen MR) is 142 cm³/mol. The van der Waals surface area contributed by atoms with Gasteiger partial charge in [-0.05, 0) is 79.7 Å². The van der Waals surface area contributed by atoms with E-state index in [0.717, 1.165) is 54.5 Å². The van der Waals surface area contributed by atoms with Gasteiger partial charge in [0.25, 0.3) is 0 Å². The van der Waals surface area contributed by atoms with E-state index >= 15 is 0 Å². The Kier molecular flexibility index (Phi) is 6.80. The Morgan fingerprint density at radius 1 is 1.34 bits per heavy atom. The number of allylic oxidation sites excluding steroid dienone is 2. The van der Waals surface area contributed by atoms with E-state index in [1.165, 1.54) is 5.57 Å². The van der Waals surface area contributed by atoms with Crippen LogP contribution < -0.4 is 11.1 Å². The molecule has 8 nitrogen and oxygen atoms in total. The minimum atomic E-state index is -0.315. The number of aromatic nitrogens is 2. The van der Waals surface area contributed by atoms with Gasteiger partial charge in [-0.15, -0.1) is 0 Å². The zero-order chi connectivity index (χ0) is 25.0. The fourth-order valence-electron chi connectivity index (χ4n) is 8.53. The number of fused-ring (bicyclic) bond motifs is 5. The number of carbonyl (C=O) groups excluding carboxylic acids is 1. The number of carbonyl (C=O) groups is 1. The molecule has 5 rings (SSSR count). The van der Waals surface area contributed by atoms with E-state index in [2.05, 4.69) is 57.6 Å². The molecule has 0 aromatic carbocycles. The van der Waals surface area contributed by atoms with E-state index in [4.69, 9.17) is 10.7 Å². The second kappa shape index (κ2) is 9.45. The highest BCUT2D eigenvalue weighted by Crippen LogP contribution is 2.67. The molecule has 0 bridgehead atoms. The van der Waals surface area contributed by atoms with Crippen molar-refractivity contribution in [2.45, 2.75) is 77.5 Å². The van der Waals surface area contributed by atoms with Crippen LogP contribution in [0, 0.1) is 38.3 Å². The van der Waals surface area contributed by atoms with Gasteiger partial charge < -0.3 is 25.9 Å². The average molecular weight is 596 g/mol. The Morgan fingerprint density at radius 3 is 2.86 bits per heavy atom. The number of oxime groups is 1. The molecule has 2 unspecified atom stereocenters. The maximum Gasteiger partial charge on any atom is 0.208 e. The molecule has 192 valence electrons. The first kappa shape index (κ1) is 25.2. The summed E-state index contributed by atoms with van der Waals surface area (Å²) in [5.41, 5.74) is 8.56. The van der Waals surface area contributed by atoms with E-state index in [-0.39, 0.29) is 29.0 Å². The number of nitrogens with two attached hydrogens (primary N) is 1. The summed E-state index contributed by atoms with van der Waals surface area (Å²) in [6, 6.07) is 0. The zero-order valence-corrected chi connectivity index (χ0v) is 22.8. The van der Waals surface area contributed by atoms with Crippen LogP contribution in [-0.4, -0.2) is 44.6 Å². The Hall–Kier alpha value is -1.46. The molecule has 0 aliphatic heterocycles. The Bertz CT molecular complexity index is 1040. The lowest BCUT2D eigenvalue weighted by Crippen LogP contribution is -2.56. The fraction of sp³-hybridized carbons (Fsp3) is 0.731. The third-order valence-electron chi connectivity index (χ3n) is 10.3. The maximum atomic E-state index is 11.9. The molecule has 4 aliphatic carbocycles. The van der Waals surface area contributed by atoms with Crippen molar-refractivity contribution in [3.05, 3.63) is 27.4 Å². The summed E-state index contributed by atoms with van der Waals surface area (Å²) in [6.07, 6.45) is 11.8. The molecule has 5 N–H and O–H groups in total. The van der Waals surface area contributed by atoms with Gasteiger partial charge in [0.1, 0.15) is 6.17 Å². The Labute approximate surface area is 221 Å². The molecule has 0 radical (unpaired) electrons. The highest BCUT2D eigenvalue weighted by Gasteiger charge is 2.61. The van der Waals surface area contributed by atoms with Crippen molar-refractivity contribution in [3.63, 3.8) is 0 Å². The predicted octanol–water partition coefficient (Wildman–Crippen LogP) is 3.61. The van der Waals surface area contributed by atoms with Crippen LogP contribution in [0.15, 0.2) is 23.0 Å². The fourth-order valence-corrected chi connectivity index (χ4v) is 9.28. The van der Waals surface area contributed by atoms with Gasteiger partial charge in [0.2, 0.25) is 6.41 Å². The minimum absolute atomic E-state index is 0.00975. The van der Waals surface area contributed by atoms with E-state index in [9.17, 15) is 15.1 Å². The summed E-state index contributed by atoms with van der Waals surface area (Å²) in [5, 5.41) is 27.4. The molecule has 0 spiro atoms. The molecular formula is C26H38IN5O3. The molecular weight excluding hydrogens is 557 g/mol. The summed E-state index contributed by atoms with van der Waals surface area (Å²) < 4.78 is 2.89. The van der Waals surface area contributed by atoms with Crippen LogP contribution in [0.2, 0.25) is 0 Å². The van der Waals surface area contributed by atoms with Crippen LogP contribution in [-0.2, 0) is 11.2 Å². The van der Waals surface area contributed by atoms with Gasteiger partial charge in [0.05, 0.1) is 17.5 Å². The van der Waals surface area contributed by atoms with Gasteiger partial charge >= 0.3 is 0 Å². The number of aliphatic hydroxyl groups is 1. The van der Waals surface area contributed by atoms with Crippen molar-refractivity contribution in [1.82, 2.24) is 14.9 Å². The number of hydrogen-bond donors (Lipinski definition) is 4. The highest BCUT2D eigenvalue weighted by molar-refractivity contribution is 14.1. The van der Waals surface area contributed by atoms with E-state index < -0.39 is 0 Å². The first-order valence-corrected chi connectivity index (χ1v) is 14.1.